The van der Waals surface area contributed by atoms with Crippen molar-refractivity contribution in [3.05, 3.63) is 0 Å². The molecule has 0 saturated carbocycles. The Bertz CT molecular complexity index is 117. The van der Waals surface area contributed by atoms with Crippen LogP contribution in [0.2, 0.25) is 0 Å². The summed E-state index contributed by atoms with van der Waals surface area (Å²) >= 11 is 0. The van der Waals surface area contributed by atoms with Crippen LogP contribution in [0.5, 0.6) is 0 Å². The quantitative estimate of drug-likeness (QED) is 0.325. The van der Waals surface area contributed by atoms with Gasteiger partial charge in [0.25, 0.3) is 0 Å². The van der Waals surface area contributed by atoms with Crippen molar-refractivity contribution in [3.63, 3.8) is 0 Å². The molecule has 1 aliphatic heterocycles. The van der Waals surface area contributed by atoms with E-state index in [2.05, 4.69) is 0 Å². The SMILES string of the molecule is C1COCCO1.O=P([O-])([O-])[O-].[K+].[K+].[K+]. The van der Waals surface area contributed by atoms with Gasteiger partial charge in [0.15, 0.2) is 0 Å². The van der Waals surface area contributed by atoms with Gasteiger partial charge in [0.1, 0.15) is 0 Å². The fraction of sp³-hybridized carbons (Fsp3) is 1.00. The van der Waals surface area contributed by atoms with Crippen LogP contribution in [0.4, 0.5) is 0 Å². The first-order chi connectivity index (χ1) is 5.00. The van der Waals surface area contributed by atoms with Crippen LogP contribution in [0.1, 0.15) is 0 Å². The molecule has 0 aromatic heterocycles. The zero-order valence-electron chi connectivity index (χ0n) is 8.73. The number of hydrogen-bond donors (Lipinski definition) is 0. The Labute approximate surface area is 211 Å². The summed E-state index contributed by atoms with van der Waals surface area (Å²) in [5.41, 5.74) is 0. The molecule has 10 heteroatoms. The van der Waals surface area contributed by atoms with Crippen molar-refractivity contribution in [1.82, 2.24) is 0 Å². The molecule has 0 aliphatic carbocycles. The molecule has 1 fully saturated rings. The summed E-state index contributed by atoms with van der Waals surface area (Å²) in [5, 5.41) is 0. The second-order valence-electron chi connectivity index (χ2n) is 1.67. The Morgan fingerprint density at radius 3 is 1.00 bits per heavy atom. The summed E-state index contributed by atoms with van der Waals surface area (Å²) in [5.74, 6) is 0. The van der Waals surface area contributed by atoms with E-state index in [4.69, 9.17) is 28.7 Å². The molecule has 0 N–H and O–H groups in total. The molecule has 0 amide bonds. The van der Waals surface area contributed by atoms with Crippen LogP contribution in [0, 0.1) is 0 Å². The maximum Gasteiger partial charge on any atom is 1.00 e. The minimum absolute atomic E-state index is 0. The first-order valence-electron chi connectivity index (χ1n) is 2.88. The third-order valence-corrected chi connectivity index (χ3v) is 0.744. The van der Waals surface area contributed by atoms with Crippen LogP contribution in [0.15, 0.2) is 0 Å². The summed E-state index contributed by atoms with van der Waals surface area (Å²) in [7, 11) is -5.39. The largest absolute Gasteiger partial charge is 1.00 e. The molecule has 1 saturated heterocycles. The average Bonchev–Trinajstić information content (AvgIpc) is 1.88. The van der Waals surface area contributed by atoms with E-state index in [0.717, 1.165) is 26.4 Å². The van der Waals surface area contributed by atoms with E-state index in [9.17, 15) is 0 Å². The van der Waals surface area contributed by atoms with E-state index in [0.29, 0.717) is 0 Å². The van der Waals surface area contributed by atoms with Crippen LogP contribution in [-0.4, -0.2) is 26.4 Å². The van der Waals surface area contributed by atoms with Gasteiger partial charge in [0.05, 0.1) is 26.4 Å². The first-order valence-corrected chi connectivity index (χ1v) is 4.35. The molecule has 1 aliphatic rings. The normalized spacial score (nSPS) is 14.5. The Morgan fingerprint density at radius 2 is 0.929 bits per heavy atom. The van der Waals surface area contributed by atoms with Crippen molar-refractivity contribution in [2.24, 2.45) is 0 Å². The van der Waals surface area contributed by atoms with Crippen molar-refractivity contribution >= 4 is 7.82 Å². The van der Waals surface area contributed by atoms with Crippen LogP contribution in [-0.2, 0) is 14.0 Å². The summed E-state index contributed by atoms with van der Waals surface area (Å²) in [4.78, 5) is 25.6. The predicted molar refractivity (Wildman–Crippen MR) is 29.2 cm³/mol. The average molecular weight is 300 g/mol. The summed E-state index contributed by atoms with van der Waals surface area (Å²) in [6.45, 7) is 3.11. The van der Waals surface area contributed by atoms with E-state index < -0.39 is 7.82 Å². The van der Waals surface area contributed by atoms with Gasteiger partial charge >= 0.3 is 154 Å². The maximum atomic E-state index is 8.55. The summed E-state index contributed by atoms with van der Waals surface area (Å²) in [6.07, 6.45) is 0. The van der Waals surface area contributed by atoms with Crippen LogP contribution >= 0.6 is 7.82 Å². The van der Waals surface area contributed by atoms with E-state index in [1.165, 1.54) is 0 Å². The summed E-state index contributed by atoms with van der Waals surface area (Å²) in [6, 6.07) is 0. The van der Waals surface area contributed by atoms with E-state index in [1.807, 2.05) is 0 Å². The monoisotopic (exact) mass is 300 g/mol. The van der Waals surface area contributed by atoms with Gasteiger partial charge in [-0.05, 0) is 0 Å². The van der Waals surface area contributed by atoms with E-state index in [1.54, 1.807) is 0 Å². The van der Waals surface area contributed by atoms with Crippen molar-refractivity contribution in [2.75, 3.05) is 26.4 Å². The third kappa shape index (κ3) is 36.0. The topological polar surface area (TPSA) is 105 Å². The maximum absolute atomic E-state index is 8.55. The van der Waals surface area contributed by atoms with Gasteiger partial charge in [-0.2, -0.15) is 7.82 Å². The van der Waals surface area contributed by atoms with Crippen molar-refractivity contribution in [2.45, 2.75) is 0 Å². The molecular weight excluding hydrogens is 292 g/mol. The molecule has 68 valence electrons. The van der Waals surface area contributed by atoms with Gasteiger partial charge < -0.3 is 28.7 Å². The number of hydrogen-bond acceptors (Lipinski definition) is 6. The molecular formula is C4H8K3O6P. The third-order valence-electron chi connectivity index (χ3n) is 0.744. The number of ether oxygens (including phenoxy) is 2. The molecule has 0 aromatic rings. The first kappa shape index (κ1) is 27.3. The Kier molecular flexibility index (Phi) is 35.0. The number of phosphoric acid groups is 1. The molecule has 0 spiro atoms. The van der Waals surface area contributed by atoms with Gasteiger partial charge in [-0.25, -0.2) is 0 Å². The van der Waals surface area contributed by atoms with E-state index >= 15 is 0 Å². The number of rotatable bonds is 0. The van der Waals surface area contributed by atoms with Crippen LogP contribution in [0.3, 0.4) is 0 Å². The fourth-order valence-electron chi connectivity index (χ4n) is 0.440. The molecule has 1 heterocycles. The molecule has 0 aromatic carbocycles. The van der Waals surface area contributed by atoms with Crippen molar-refractivity contribution in [1.29, 1.82) is 0 Å². The molecule has 0 atom stereocenters. The van der Waals surface area contributed by atoms with Crippen LogP contribution in [0.25, 0.3) is 0 Å². The molecule has 0 bridgehead atoms. The zero-order chi connectivity index (χ0) is 8.74. The molecule has 0 radical (unpaired) electrons. The minimum atomic E-state index is -5.39. The Morgan fingerprint density at radius 1 is 0.786 bits per heavy atom. The van der Waals surface area contributed by atoms with Crippen molar-refractivity contribution in [3.8, 4) is 0 Å². The minimum Gasteiger partial charge on any atom is -0.822 e. The van der Waals surface area contributed by atoms with Crippen LogP contribution < -0.4 is 169 Å². The van der Waals surface area contributed by atoms with Crippen molar-refractivity contribution < 1.29 is 183 Å². The smallest absolute Gasteiger partial charge is 0.822 e. The standard InChI is InChI=1S/C4H8O2.3K.H3O4P/c1-2-6-4-3-5-1;;;;1-5(2,3)4/h1-4H2;;;;(H3,1,2,3,4)/q;3*+1;/p-3. The van der Waals surface area contributed by atoms with Gasteiger partial charge in [0.2, 0.25) is 0 Å². The van der Waals surface area contributed by atoms with Gasteiger partial charge in [-0.1, -0.05) is 0 Å². The Hall–Kier alpha value is 4.94. The molecule has 14 heavy (non-hydrogen) atoms. The second-order valence-corrected chi connectivity index (χ2v) is 2.57. The summed E-state index contributed by atoms with van der Waals surface area (Å²) < 4.78 is 18.4. The molecule has 6 nitrogen and oxygen atoms in total. The molecule has 1 rings (SSSR count). The van der Waals surface area contributed by atoms with E-state index in [-0.39, 0.29) is 154 Å². The van der Waals surface area contributed by atoms with Gasteiger partial charge in [0, 0.05) is 0 Å². The predicted octanol–water partition coefficient (Wildman–Crippen LogP) is -11.8. The zero-order valence-corrected chi connectivity index (χ0v) is 19.0. The Balaban J connectivity index is -0.0000000597. The second kappa shape index (κ2) is 17.9. The fourth-order valence-corrected chi connectivity index (χ4v) is 0.440. The van der Waals surface area contributed by atoms with Gasteiger partial charge in [-0.15, -0.1) is 0 Å². The van der Waals surface area contributed by atoms with Gasteiger partial charge in [-0.3, -0.25) is 0 Å². The molecule has 0 unspecified atom stereocenters.